The Morgan fingerprint density at radius 1 is 1.73 bits per heavy atom. The molecule has 0 amide bonds. The highest BCUT2D eigenvalue weighted by atomic mass is 35.5. The van der Waals surface area contributed by atoms with Crippen molar-refractivity contribution in [2.24, 2.45) is 4.99 Å². The van der Waals surface area contributed by atoms with Crippen LogP contribution >= 0.6 is 23.8 Å². The lowest BCUT2D eigenvalue weighted by Gasteiger charge is -1.97. The molecular formula is C8H5ClNS. The van der Waals surface area contributed by atoms with Gasteiger partial charge in [-0.1, -0.05) is 17.7 Å². The number of aryl methyl sites for hydroxylation is 1. The Morgan fingerprint density at radius 3 is 3.00 bits per heavy atom. The van der Waals surface area contributed by atoms with Crippen LogP contribution in [0.2, 0.25) is 5.02 Å². The van der Waals surface area contributed by atoms with Gasteiger partial charge in [-0.3, -0.25) is 0 Å². The molecule has 0 unspecified atom stereocenters. The van der Waals surface area contributed by atoms with Gasteiger partial charge in [-0.25, -0.2) is 0 Å². The maximum atomic E-state index is 5.81. The van der Waals surface area contributed by atoms with Gasteiger partial charge in [0, 0.05) is 0 Å². The maximum absolute atomic E-state index is 5.81. The first-order valence-corrected chi connectivity index (χ1v) is 3.79. The third kappa shape index (κ3) is 1.87. The Morgan fingerprint density at radius 2 is 2.45 bits per heavy atom. The molecule has 0 saturated heterocycles. The summed E-state index contributed by atoms with van der Waals surface area (Å²) in [7, 11) is 0. The van der Waals surface area contributed by atoms with Gasteiger partial charge in [-0.15, -0.1) is 0 Å². The lowest BCUT2D eigenvalue weighted by molar-refractivity contribution is 1.40. The Labute approximate surface area is 75.7 Å². The Hall–Kier alpha value is -0.690. The lowest BCUT2D eigenvalue weighted by Crippen LogP contribution is -1.74. The fourth-order valence-electron chi connectivity index (χ4n) is 0.749. The molecule has 11 heavy (non-hydrogen) atoms. The van der Waals surface area contributed by atoms with E-state index in [-0.39, 0.29) is 0 Å². The molecule has 1 aromatic carbocycles. The van der Waals surface area contributed by atoms with E-state index in [2.05, 4.69) is 28.4 Å². The van der Waals surface area contributed by atoms with Crippen molar-refractivity contribution in [2.45, 2.75) is 6.92 Å². The smallest absolute Gasteiger partial charge is 0.0960 e. The van der Waals surface area contributed by atoms with Gasteiger partial charge in [-0.05, 0) is 36.8 Å². The van der Waals surface area contributed by atoms with Crippen LogP contribution in [0.1, 0.15) is 5.56 Å². The summed E-state index contributed by atoms with van der Waals surface area (Å²) in [5.41, 5.74) is 1.54. The number of isothiocyanates is 1. The zero-order valence-corrected chi connectivity index (χ0v) is 7.46. The van der Waals surface area contributed by atoms with Crippen LogP contribution in [0.5, 0.6) is 0 Å². The van der Waals surface area contributed by atoms with Crippen LogP contribution in [-0.4, -0.2) is 5.16 Å². The number of thiocarbonyl (C=S) groups is 1. The zero-order chi connectivity index (χ0) is 8.27. The van der Waals surface area contributed by atoms with E-state index in [9.17, 15) is 0 Å². The molecule has 0 spiro atoms. The van der Waals surface area contributed by atoms with Crippen LogP contribution in [0.3, 0.4) is 0 Å². The van der Waals surface area contributed by atoms with Crippen molar-refractivity contribution in [1.82, 2.24) is 0 Å². The molecule has 0 bridgehead atoms. The van der Waals surface area contributed by atoms with Crippen LogP contribution in [0.25, 0.3) is 0 Å². The Bertz CT molecular complexity index is 296. The number of hydrogen-bond donors (Lipinski definition) is 0. The Balaban J connectivity index is 3.31. The molecule has 0 aliphatic heterocycles. The molecule has 0 heterocycles. The predicted molar refractivity (Wildman–Crippen MR) is 49.7 cm³/mol. The van der Waals surface area contributed by atoms with Crippen LogP contribution in [0, 0.1) is 13.0 Å². The van der Waals surface area contributed by atoms with Crippen molar-refractivity contribution in [2.75, 3.05) is 0 Å². The van der Waals surface area contributed by atoms with Crippen molar-refractivity contribution in [3.8, 4) is 0 Å². The van der Waals surface area contributed by atoms with Crippen molar-refractivity contribution in [1.29, 1.82) is 0 Å². The molecule has 3 heteroatoms. The molecule has 0 aliphatic carbocycles. The van der Waals surface area contributed by atoms with E-state index in [0.717, 1.165) is 5.56 Å². The molecule has 0 fully saturated rings. The quantitative estimate of drug-likeness (QED) is 0.480. The number of rotatable bonds is 1. The minimum absolute atomic E-state index is 0.582. The standard InChI is InChI=1S/C8H5ClNS/c1-6-3-2-4-7(9)8(6)10-5-11/h2,4H,1H3. The first kappa shape index (κ1) is 8.41. The minimum Gasteiger partial charge on any atom is -0.193 e. The van der Waals surface area contributed by atoms with E-state index in [1.165, 1.54) is 0 Å². The molecule has 0 N–H and O–H groups in total. The highest BCUT2D eigenvalue weighted by molar-refractivity contribution is 7.78. The Kier molecular flexibility index (Phi) is 2.77. The van der Waals surface area contributed by atoms with Crippen LogP contribution in [0.15, 0.2) is 17.1 Å². The summed E-state index contributed by atoms with van der Waals surface area (Å²) in [5, 5.41) is 2.85. The third-order valence-corrected chi connectivity index (χ3v) is 1.66. The average molecular weight is 183 g/mol. The van der Waals surface area contributed by atoms with Crippen molar-refractivity contribution in [3.05, 3.63) is 28.8 Å². The van der Waals surface area contributed by atoms with Gasteiger partial charge < -0.3 is 0 Å². The second-order valence-electron chi connectivity index (χ2n) is 2.00. The second kappa shape index (κ2) is 3.63. The van der Waals surface area contributed by atoms with Gasteiger partial charge >= 0.3 is 0 Å². The number of halogens is 1. The summed E-state index contributed by atoms with van der Waals surface area (Å²) in [4.78, 5) is 3.81. The summed E-state index contributed by atoms with van der Waals surface area (Å²) in [6.45, 7) is 1.87. The fourth-order valence-corrected chi connectivity index (χ4v) is 1.09. The number of nitrogens with zero attached hydrogens (tertiary/aromatic N) is 1. The van der Waals surface area contributed by atoms with Gasteiger partial charge in [0.05, 0.1) is 15.9 Å². The highest BCUT2D eigenvalue weighted by Crippen LogP contribution is 2.27. The van der Waals surface area contributed by atoms with E-state index in [0.29, 0.717) is 10.7 Å². The van der Waals surface area contributed by atoms with E-state index < -0.39 is 0 Å². The van der Waals surface area contributed by atoms with Crippen molar-refractivity contribution in [3.63, 3.8) is 0 Å². The molecule has 55 valence electrons. The van der Waals surface area contributed by atoms with Gasteiger partial charge in [0.25, 0.3) is 0 Å². The maximum Gasteiger partial charge on any atom is 0.0960 e. The monoisotopic (exact) mass is 182 g/mol. The molecule has 1 nitrogen and oxygen atoms in total. The topological polar surface area (TPSA) is 12.4 Å². The number of benzene rings is 1. The lowest BCUT2D eigenvalue weighted by atomic mass is 10.2. The first-order valence-electron chi connectivity index (χ1n) is 3.00. The molecule has 0 aromatic heterocycles. The van der Waals surface area contributed by atoms with Gasteiger partial charge in [0.15, 0.2) is 0 Å². The molecule has 0 atom stereocenters. The van der Waals surface area contributed by atoms with E-state index in [1.807, 2.05) is 6.92 Å². The van der Waals surface area contributed by atoms with Crippen molar-refractivity contribution >= 4 is 34.7 Å². The SMILES string of the molecule is Cc1[c]ccc(Cl)c1N=C=S. The largest absolute Gasteiger partial charge is 0.193 e. The first-order chi connectivity index (χ1) is 5.25. The second-order valence-corrected chi connectivity index (χ2v) is 2.59. The molecule has 0 saturated carbocycles. The normalized spacial score (nSPS) is 8.91. The third-order valence-electron chi connectivity index (χ3n) is 1.27. The molecule has 0 aliphatic rings. The summed E-state index contributed by atoms with van der Waals surface area (Å²) < 4.78 is 0. The van der Waals surface area contributed by atoms with Gasteiger partial charge in [0.1, 0.15) is 0 Å². The minimum atomic E-state index is 0.582. The fraction of sp³-hybridized carbons (Fsp3) is 0.125. The zero-order valence-electron chi connectivity index (χ0n) is 5.89. The molecule has 1 rings (SSSR count). The van der Waals surface area contributed by atoms with Gasteiger partial charge in [-0.2, -0.15) is 4.99 Å². The molecule has 1 radical (unpaired) electrons. The van der Waals surface area contributed by atoms with E-state index in [1.54, 1.807) is 12.1 Å². The summed E-state index contributed by atoms with van der Waals surface area (Å²) in [5.74, 6) is 0. The van der Waals surface area contributed by atoms with E-state index in [4.69, 9.17) is 11.6 Å². The summed E-state index contributed by atoms with van der Waals surface area (Å²) in [6.07, 6.45) is 0. The van der Waals surface area contributed by atoms with Crippen LogP contribution < -0.4 is 0 Å². The molecular weight excluding hydrogens is 178 g/mol. The highest BCUT2D eigenvalue weighted by Gasteiger charge is 1.99. The van der Waals surface area contributed by atoms with Crippen LogP contribution in [-0.2, 0) is 0 Å². The van der Waals surface area contributed by atoms with E-state index >= 15 is 0 Å². The van der Waals surface area contributed by atoms with Crippen LogP contribution in [0.4, 0.5) is 5.69 Å². The predicted octanol–water partition coefficient (Wildman–Crippen LogP) is 3.18. The number of hydrogen-bond acceptors (Lipinski definition) is 2. The summed E-state index contributed by atoms with van der Waals surface area (Å²) >= 11 is 10.3. The molecule has 1 aromatic rings. The summed E-state index contributed by atoms with van der Waals surface area (Å²) in [6, 6.07) is 6.43. The van der Waals surface area contributed by atoms with Crippen molar-refractivity contribution < 1.29 is 0 Å². The van der Waals surface area contributed by atoms with Gasteiger partial charge in [0.2, 0.25) is 0 Å². The number of aliphatic imine (C=N–C) groups is 1. The average Bonchev–Trinajstić information content (AvgIpc) is 1.97.